The molecule has 3 heterocycles. The Bertz CT molecular complexity index is 820. The van der Waals surface area contributed by atoms with Crippen LogP contribution in [0.4, 0.5) is 11.6 Å². The van der Waals surface area contributed by atoms with Gasteiger partial charge < -0.3 is 14.7 Å². The van der Waals surface area contributed by atoms with Crippen molar-refractivity contribution in [3.63, 3.8) is 0 Å². The van der Waals surface area contributed by atoms with Crippen molar-refractivity contribution in [2.45, 2.75) is 19.8 Å². The fraction of sp³-hybridized carbons (Fsp3) is 0.435. The zero-order valence-corrected chi connectivity index (χ0v) is 17.1. The first-order valence-electron chi connectivity index (χ1n) is 10.5. The van der Waals surface area contributed by atoms with Gasteiger partial charge in [-0.1, -0.05) is 37.3 Å². The Balaban J connectivity index is 1.29. The molecular formula is C23H29N5O. The van der Waals surface area contributed by atoms with Gasteiger partial charge in [0.25, 0.3) is 0 Å². The summed E-state index contributed by atoms with van der Waals surface area (Å²) in [5.74, 6) is 2.74. The fourth-order valence-corrected chi connectivity index (χ4v) is 3.89. The third-order valence-corrected chi connectivity index (χ3v) is 5.88. The molecule has 0 atom stereocenters. The van der Waals surface area contributed by atoms with Crippen LogP contribution < -0.4 is 9.80 Å². The molecule has 0 N–H and O–H groups in total. The first kappa shape index (κ1) is 19.4. The Morgan fingerprint density at radius 3 is 2.03 bits per heavy atom. The van der Waals surface area contributed by atoms with Gasteiger partial charge in [0.2, 0.25) is 5.91 Å². The number of hydrogen-bond acceptors (Lipinski definition) is 5. The fourth-order valence-electron chi connectivity index (χ4n) is 3.89. The first-order valence-corrected chi connectivity index (χ1v) is 10.5. The maximum absolute atomic E-state index is 12.4. The summed E-state index contributed by atoms with van der Waals surface area (Å²) in [4.78, 5) is 18.9. The van der Waals surface area contributed by atoms with Crippen LogP contribution in [-0.2, 0) is 4.79 Å². The number of piperidine rings is 1. The van der Waals surface area contributed by atoms with Crippen molar-refractivity contribution >= 4 is 23.6 Å². The average Bonchev–Trinajstić information content (AvgIpc) is 2.79. The van der Waals surface area contributed by atoms with Gasteiger partial charge >= 0.3 is 0 Å². The molecule has 2 aliphatic rings. The molecule has 0 spiro atoms. The van der Waals surface area contributed by atoms with E-state index in [2.05, 4.69) is 39.1 Å². The van der Waals surface area contributed by atoms with Crippen molar-refractivity contribution in [3.8, 4) is 0 Å². The van der Waals surface area contributed by atoms with Gasteiger partial charge in [0.05, 0.1) is 0 Å². The molecule has 29 heavy (non-hydrogen) atoms. The Morgan fingerprint density at radius 2 is 1.45 bits per heavy atom. The van der Waals surface area contributed by atoms with Crippen LogP contribution >= 0.6 is 0 Å². The summed E-state index contributed by atoms with van der Waals surface area (Å²) in [6.07, 6.45) is 5.98. The number of amides is 1. The standard InChI is InChI=1S/C23H29N5O/c1-19-11-13-26(14-12-19)21-8-9-22(25-24-21)27-15-17-28(18-16-27)23(29)10-7-20-5-3-2-4-6-20/h2-10,19H,11-18H2,1H3. The number of hydrogen-bond donors (Lipinski definition) is 0. The van der Waals surface area contributed by atoms with E-state index < -0.39 is 0 Å². The smallest absolute Gasteiger partial charge is 0.246 e. The van der Waals surface area contributed by atoms with Crippen molar-refractivity contribution in [1.29, 1.82) is 0 Å². The lowest BCUT2D eigenvalue weighted by Crippen LogP contribution is -2.48. The molecule has 1 aromatic carbocycles. The minimum Gasteiger partial charge on any atom is -0.355 e. The molecule has 2 fully saturated rings. The highest BCUT2D eigenvalue weighted by atomic mass is 16.2. The predicted molar refractivity (Wildman–Crippen MR) is 117 cm³/mol. The summed E-state index contributed by atoms with van der Waals surface area (Å²) in [6, 6.07) is 14.1. The van der Waals surface area contributed by atoms with E-state index in [1.165, 1.54) is 12.8 Å². The summed E-state index contributed by atoms with van der Waals surface area (Å²) in [5.41, 5.74) is 1.04. The van der Waals surface area contributed by atoms with Gasteiger partial charge in [-0.2, -0.15) is 0 Å². The highest BCUT2D eigenvalue weighted by molar-refractivity contribution is 5.91. The van der Waals surface area contributed by atoms with E-state index in [9.17, 15) is 4.79 Å². The number of carbonyl (C=O) groups is 1. The number of rotatable bonds is 4. The van der Waals surface area contributed by atoms with Crippen LogP contribution in [0.25, 0.3) is 6.08 Å². The zero-order valence-electron chi connectivity index (χ0n) is 17.1. The summed E-state index contributed by atoms with van der Waals surface area (Å²) in [7, 11) is 0. The molecule has 152 valence electrons. The molecule has 6 nitrogen and oxygen atoms in total. The molecule has 2 aliphatic heterocycles. The first-order chi connectivity index (χ1) is 14.2. The maximum Gasteiger partial charge on any atom is 0.246 e. The predicted octanol–water partition coefficient (Wildman–Crippen LogP) is 3.07. The van der Waals surface area contributed by atoms with Gasteiger partial charge in [-0.25, -0.2) is 0 Å². The molecule has 1 amide bonds. The summed E-state index contributed by atoms with van der Waals surface area (Å²) in [5, 5.41) is 8.92. The molecule has 2 aromatic rings. The van der Waals surface area contributed by atoms with Gasteiger partial charge in [-0.15, -0.1) is 10.2 Å². The Labute approximate surface area is 172 Å². The minimum absolute atomic E-state index is 0.0641. The van der Waals surface area contributed by atoms with Gasteiger partial charge in [0, 0.05) is 45.3 Å². The second-order valence-corrected chi connectivity index (χ2v) is 7.98. The normalized spacial score (nSPS) is 18.4. The second kappa shape index (κ2) is 9.07. The largest absolute Gasteiger partial charge is 0.355 e. The molecule has 0 unspecified atom stereocenters. The SMILES string of the molecule is CC1CCN(c2ccc(N3CCN(C(=O)C=Cc4ccccc4)CC3)nn2)CC1. The highest BCUT2D eigenvalue weighted by Gasteiger charge is 2.22. The molecule has 1 aromatic heterocycles. The lowest BCUT2D eigenvalue weighted by atomic mass is 9.99. The highest BCUT2D eigenvalue weighted by Crippen LogP contribution is 2.22. The van der Waals surface area contributed by atoms with Crippen LogP contribution in [0.5, 0.6) is 0 Å². The van der Waals surface area contributed by atoms with E-state index in [-0.39, 0.29) is 5.91 Å². The summed E-state index contributed by atoms with van der Waals surface area (Å²) < 4.78 is 0. The lowest BCUT2D eigenvalue weighted by molar-refractivity contribution is -0.126. The monoisotopic (exact) mass is 391 g/mol. The zero-order chi connectivity index (χ0) is 20.1. The van der Waals surface area contributed by atoms with E-state index in [1.807, 2.05) is 41.3 Å². The van der Waals surface area contributed by atoms with Crippen LogP contribution in [0.2, 0.25) is 0 Å². The lowest BCUT2D eigenvalue weighted by Gasteiger charge is -2.35. The molecule has 6 heteroatoms. The van der Waals surface area contributed by atoms with Crippen molar-refractivity contribution in [3.05, 3.63) is 54.1 Å². The molecule has 0 saturated carbocycles. The summed E-state index contributed by atoms with van der Waals surface area (Å²) >= 11 is 0. The number of carbonyl (C=O) groups excluding carboxylic acids is 1. The van der Waals surface area contributed by atoms with Gasteiger partial charge in [-0.05, 0) is 42.5 Å². The number of benzene rings is 1. The second-order valence-electron chi connectivity index (χ2n) is 7.98. The maximum atomic E-state index is 12.4. The van der Waals surface area contributed by atoms with Crippen LogP contribution in [0, 0.1) is 5.92 Å². The number of piperazine rings is 1. The van der Waals surface area contributed by atoms with Gasteiger partial charge in [0.1, 0.15) is 0 Å². The van der Waals surface area contributed by atoms with Crippen LogP contribution in [-0.4, -0.2) is 60.3 Å². The van der Waals surface area contributed by atoms with E-state index >= 15 is 0 Å². The third kappa shape index (κ3) is 4.94. The molecule has 0 radical (unpaired) electrons. The molecule has 0 aliphatic carbocycles. The Morgan fingerprint density at radius 1 is 0.862 bits per heavy atom. The van der Waals surface area contributed by atoms with E-state index in [0.717, 1.165) is 49.3 Å². The Kier molecular flexibility index (Phi) is 6.08. The average molecular weight is 392 g/mol. The van der Waals surface area contributed by atoms with Gasteiger partial charge in [-0.3, -0.25) is 4.79 Å². The van der Waals surface area contributed by atoms with Crippen molar-refractivity contribution in [1.82, 2.24) is 15.1 Å². The van der Waals surface area contributed by atoms with Crippen LogP contribution in [0.3, 0.4) is 0 Å². The molecule has 2 saturated heterocycles. The molecule has 4 rings (SSSR count). The molecule has 0 bridgehead atoms. The Hall–Kier alpha value is -2.89. The van der Waals surface area contributed by atoms with Crippen molar-refractivity contribution in [2.24, 2.45) is 5.92 Å². The number of aromatic nitrogens is 2. The van der Waals surface area contributed by atoms with E-state index in [0.29, 0.717) is 13.1 Å². The van der Waals surface area contributed by atoms with E-state index in [4.69, 9.17) is 0 Å². The van der Waals surface area contributed by atoms with Crippen LogP contribution in [0.1, 0.15) is 25.3 Å². The van der Waals surface area contributed by atoms with Crippen LogP contribution in [0.15, 0.2) is 48.5 Å². The minimum atomic E-state index is 0.0641. The molecular weight excluding hydrogens is 362 g/mol. The van der Waals surface area contributed by atoms with E-state index in [1.54, 1.807) is 6.08 Å². The van der Waals surface area contributed by atoms with Gasteiger partial charge in [0.15, 0.2) is 11.6 Å². The topological polar surface area (TPSA) is 52.6 Å². The number of nitrogens with zero attached hydrogens (tertiary/aromatic N) is 5. The third-order valence-electron chi connectivity index (χ3n) is 5.88. The van der Waals surface area contributed by atoms with Crippen molar-refractivity contribution in [2.75, 3.05) is 49.1 Å². The quantitative estimate of drug-likeness (QED) is 0.750. The van der Waals surface area contributed by atoms with Crippen molar-refractivity contribution < 1.29 is 4.79 Å². The number of anilines is 2. The summed E-state index contributed by atoms with van der Waals surface area (Å²) in [6.45, 7) is 7.39.